The molecule has 0 saturated heterocycles. The zero-order valence-corrected chi connectivity index (χ0v) is 5.67. The highest BCUT2D eigenvalue weighted by Gasteiger charge is 2.64. The third-order valence-corrected chi connectivity index (χ3v) is 2.88. The molecule has 2 rings (SSSR count). The van der Waals surface area contributed by atoms with Gasteiger partial charge in [-0.1, -0.05) is 6.92 Å². The Morgan fingerprint density at radius 1 is 1.44 bits per heavy atom. The number of rotatable bonds is 0. The van der Waals surface area contributed by atoms with Crippen molar-refractivity contribution in [1.29, 1.82) is 0 Å². The van der Waals surface area contributed by atoms with Gasteiger partial charge in [0.15, 0.2) is 0 Å². The fourth-order valence-electron chi connectivity index (χ4n) is 2.22. The molecule has 52 valence electrons. The van der Waals surface area contributed by atoms with Crippen LogP contribution in [-0.4, -0.2) is 10.8 Å². The summed E-state index contributed by atoms with van der Waals surface area (Å²) >= 11 is 0. The Morgan fingerprint density at radius 2 is 1.89 bits per heavy atom. The van der Waals surface area contributed by atoms with Crippen LogP contribution in [0, 0.1) is 17.8 Å². The van der Waals surface area contributed by atoms with E-state index in [0.29, 0.717) is 11.8 Å². The second-order valence-electron chi connectivity index (χ2n) is 3.68. The lowest BCUT2D eigenvalue weighted by Crippen LogP contribution is -2.28. The van der Waals surface area contributed by atoms with E-state index in [-0.39, 0.29) is 0 Å². The van der Waals surface area contributed by atoms with Crippen LogP contribution in [-0.2, 0) is 0 Å². The molecule has 2 aliphatic carbocycles. The van der Waals surface area contributed by atoms with Gasteiger partial charge in [-0.15, -0.1) is 0 Å². The van der Waals surface area contributed by atoms with Gasteiger partial charge in [-0.25, -0.2) is 0 Å². The Morgan fingerprint density at radius 3 is 2.22 bits per heavy atom. The van der Waals surface area contributed by atoms with Crippen molar-refractivity contribution in [1.82, 2.24) is 0 Å². The molecule has 2 atom stereocenters. The standard InChI is InChI=1S/C7H13NO/c1-4-2-5-6(3-4)7(5,8)9/h4-6,9H,2-3,8H2,1H3. The third-order valence-electron chi connectivity index (χ3n) is 2.88. The third kappa shape index (κ3) is 0.578. The van der Waals surface area contributed by atoms with E-state index < -0.39 is 5.72 Å². The average Bonchev–Trinajstić information content (AvgIpc) is 2.27. The molecule has 9 heavy (non-hydrogen) atoms. The summed E-state index contributed by atoms with van der Waals surface area (Å²) in [6, 6.07) is 0. The van der Waals surface area contributed by atoms with Crippen molar-refractivity contribution in [3.8, 4) is 0 Å². The predicted molar refractivity (Wildman–Crippen MR) is 34.5 cm³/mol. The van der Waals surface area contributed by atoms with E-state index in [0.717, 1.165) is 18.8 Å². The van der Waals surface area contributed by atoms with E-state index in [1.54, 1.807) is 0 Å². The van der Waals surface area contributed by atoms with Crippen molar-refractivity contribution < 1.29 is 5.11 Å². The van der Waals surface area contributed by atoms with E-state index in [9.17, 15) is 5.11 Å². The first-order valence-electron chi connectivity index (χ1n) is 3.63. The molecule has 0 aliphatic heterocycles. The average molecular weight is 127 g/mol. The van der Waals surface area contributed by atoms with Gasteiger partial charge in [0.1, 0.15) is 5.72 Å². The molecule has 0 heterocycles. The van der Waals surface area contributed by atoms with Crippen molar-refractivity contribution >= 4 is 0 Å². The molecule has 0 bridgehead atoms. The highest BCUT2D eigenvalue weighted by atomic mass is 16.3. The van der Waals surface area contributed by atoms with Gasteiger partial charge < -0.3 is 10.8 Å². The molecule has 2 aliphatic rings. The molecule has 0 aromatic heterocycles. The van der Waals surface area contributed by atoms with Crippen LogP contribution in [0.15, 0.2) is 0 Å². The minimum atomic E-state index is -0.757. The van der Waals surface area contributed by atoms with Crippen molar-refractivity contribution in [2.24, 2.45) is 23.5 Å². The molecule has 0 aromatic carbocycles. The number of fused-ring (bicyclic) bond motifs is 1. The van der Waals surface area contributed by atoms with Crippen LogP contribution < -0.4 is 5.73 Å². The van der Waals surface area contributed by atoms with Crippen LogP contribution in [0.1, 0.15) is 19.8 Å². The Bertz CT molecular complexity index is 130. The summed E-state index contributed by atoms with van der Waals surface area (Å²) in [5.74, 6) is 1.67. The number of nitrogens with two attached hydrogens (primary N) is 1. The van der Waals surface area contributed by atoms with E-state index in [1.165, 1.54) is 0 Å². The second-order valence-corrected chi connectivity index (χ2v) is 3.68. The molecule has 2 fully saturated rings. The lowest BCUT2D eigenvalue weighted by atomic mass is 10.0. The van der Waals surface area contributed by atoms with Crippen LogP contribution in [0.4, 0.5) is 0 Å². The zero-order valence-electron chi connectivity index (χ0n) is 5.67. The quantitative estimate of drug-likeness (QED) is 0.460. The Hall–Kier alpha value is -0.0800. The van der Waals surface area contributed by atoms with Crippen LogP contribution in [0.2, 0.25) is 0 Å². The number of hydrogen-bond acceptors (Lipinski definition) is 2. The fourth-order valence-corrected chi connectivity index (χ4v) is 2.22. The number of aliphatic hydroxyl groups is 1. The van der Waals surface area contributed by atoms with Crippen LogP contribution >= 0.6 is 0 Å². The maximum atomic E-state index is 9.31. The highest BCUT2D eigenvalue weighted by molar-refractivity contribution is 5.12. The molecular weight excluding hydrogens is 114 g/mol. The summed E-state index contributed by atoms with van der Waals surface area (Å²) in [7, 11) is 0. The molecule has 0 amide bonds. The summed E-state index contributed by atoms with van der Waals surface area (Å²) in [5.41, 5.74) is 4.78. The van der Waals surface area contributed by atoms with Crippen molar-refractivity contribution in [3.63, 3.8) is 0 Å². The smallest absolute Gasteiger partial charge is 0.120 e. The molecule has 3 N–H and O–H groups in total. The first-order chi connectivity index (χ1) is 4.12. The maximum absolute atomic E-state index is 9.31. The summed E-state index contributed by atoms with van der Waals surface area (Å²) in [5, 5.41) is 9.31. The molecular formula is C7H13NO. The second kappa shape index (κ2) is 1.32. The first-order valence-corrected chi connectivity index (χ1v) is 3.63. The molecule has 2 heteroatoms. The molecule has 2 saturated carbocycles. The zero-order chi connectivity index (χ0) is 6.65. The normalized spacial score (nSPS) is 63.7. The van der Waals surface area contributed by atoms with Crippen molar-refractivity contribution in [2.45, 2.75) is 25.5 Å². The van der Waals surface area contributed by atoms with Gasteiger partial charge in [0, 0.05) is 11.8 Å². The monoisotopic (exact) mass is 127 g/mol. The number of hydrogen-bond donors (Lipinski definition) is 2. The summed E-state index contributed by atoms with van der Waals surface area (Å²) in [6.07, 6.45) is 2.27. The minimum absolute atomic E-state index is 0.437. The van der Waals surface area contributed by atoms with E-state index in [4.69, 9.17) is 5.73 Å². The van der Waals surface area contributed by atoms with Crippen molar-refractivity contribution in [3.05, 3.63) is 0 Å². The van der Waals surface area contributed by atoms with Gasteiger partial charge in [0.05, 0.1) is 0 Å². The van der Waals surface area contributed by atoms with Gasteiger partial charge in [0.25, 0.3) is 0 Å². The highest BCUT2D eigenvalue weighted by Crippen LogP contribution is 2.59. The van der Waals surface area contributed by atoms with E-state index >= 15 is 0 Å². The van der Waals surface area contributed by atoms with Crippen molar-refractivity contribution in [2.75, 3.05) is 0 Å². The van der Waals surface area contributed by atoms with Crippen LogP contribution in [0.25, 0.3) is 0 Å². The Balaban J connectivity index is 2.06. The van der Waals surface area contributed by atoms with Gasteiger partial charge >= 0.3 is 0 Å². The molecule has 0 spiro atoms. The molecule has 0 aromatic rings. The summed E-state index contributed by atoms with van der Waals surface area (Å²) < 4.78 is 0. The summed E-state index contributed by atoms with van der Waals surface area (Å²) in [6.45, 7) is 2.22. The molecule has 2 nitrogen and oxygen atoms in total. The van der Waals surface area contributed by atoms with E-state index in [1.807, 2.05) is 0 Å². The first kappa shape index (κ1) is 5.69. The lowest BCUT2D eigenvalue weighted by molar-refractivity contribution is 0.106. The van der Waals surface area contributed by atoms with Gasteiger partial charge in [-0.3, -0.25) is 0 Å². The van der Waals surface area contributed by atoms with E-state index in [2.05, 4.69) is 6.92 Å². The van der Waals surface area contributed by atoms with Gasteiger partial charge in [0.2, 0.25) is 0 Å². The lowest BCUT2D eigenvalue weighted by Gasteiger charge is -2.10. The summed E-state index contributed by atoms with van der Waals surface area (Å²) in [4.78, 5) is 0. The van der Waals surface area contributed by atoms with Crippen LogP contribution in [0.5, 0.6) is 0 Å². The Labute approximate surface area is 55.1 Å². The fraction of sp³-hybridized carbons (Fsp3) is 1.00. The SMILES string of the molecule is CC1CC2C(C1)C2(N)O. The maximum Gasteiger partial charge on any atom is 0.120 e. The van der Waals surface area contributed by atoms with Gasteiger partial charge in [-0.05, 0) is 18.8 Å². The largest absolute Gasteiger partial charge is 0.375 e. The minimum Gasteiger partial charge on any atom is -0.375 e. The topological polar surface area (TPSA) is 46.2 Å². The van der Waals surface area contributed by atoms with Gasteiger partial charge in [-0.2, -0.15) is 0 Å². The van der Waals surface area contributed by atoms with Crippen LogP contribution in [0.3, 0.4) is 0 Å². The Kier molecular flexibility index (Phi) is 0.837. The molecule has 2 unspecified atom stereocenters. The predicted octanol–water partition coefficient (Wildman–Crippen LogP) is 0.310. The molecule has 0 radical (unpaired) electrons.